The Hall–Kier alpha value is -10.1. The second-order valence-electron chi connectivity index (χ2n) is 22.8. The molecule has 0 radical (unpaired) electrons. The molecule has 0 N–H and O–H groups in total. The average Bonchev–Trinajstić information content (AvgIpc) is 2.14. The van der Waals surface area contributed by atoms with Crippen LogP contribution in [0.2, 0.25) is 0 Å². The third-order valence-corrected chi connectivity index (χ3v) is 18.0. The normalized spacial score (nSPS) is 13.9. The molecule has 17 rings (SSSR count). The molecule has 2 aliphatic carbocycles. The van der Waals surface area contributed by atoms with Gasteiger partial charge in [0.15, 0.2) is 11.2 Å². The van der Waals surface area contributed by atoms with Gasteiger partial charge in [0, 0.05) is 54.7 Å². The van der Waals surface area contributed by atoms with E-state index in [0.29, 0.717) is 0 Å². The first kappa shape index (κ1) is 45.9. The van der Waals surface area contributed by atoms with Gasteiger partial charge in [0.2, 0.25) is 0 Å². The summed E-state index contributed by atoms with van der Waals surface area (Å²) in [7, 11) is 0. The van der Waals surface area contributed by atoms with E-state index in [1.165, 1.54) is 38.9 Å². The largest absolute Gasteiger partial charge is 0.455 e. The van der Waals surface area contributed by atoms with E-state index in [2.05, 4.69) is 280 Å². The predicted octanol–water partition coefficient (Wildman–Crippen LogP) is 21.1. The molecule has 0 atom stereocenters. The van der Waals surface area contributed by atoms with Gasteiger partial charge in [-0.05, 0) is 125 Å². The zero-order chi connectivity index (χ0) is 53.9. The molecule has 384 valence electrons. The van der Waals surface area contributed by atoms with Crippen LogP contribution in [0, 0.1) is 13.8 Å². The van der Waals surface area contributed by atoms with Crippen molar-refractivity contribution >= 4 is 111 Å². The molecule has 0 aliphatic heterocycles. The Morgan fingerprint density at radius 3 is 1.23 bits per heavy atom. The molecule has 3 heterocycles. The van der Waals surface area contributed by atoms with Crippen LogP contribution in [0.25, 0.3) is 87.7 Å². The minimum Gasteiger partial charge on any atom is -0.455 e. The number of hydrogen-bond acceptors (Lipinski definition) is 5. The minimum atomic E-state index is -0.872. The monoisotopic (exact) mass is 1040 g/mol. The first-order chi connectivity index (χ1) is 39.8. The lowest BCUT2D eigenvalue weighted by atomic mass is 9.55. The van der Waals surface area contributed by atoms with Crippen molar-refractivity contribution in [1.82, 2.24) is 0 Å². The summed E-state index contributed by atoms with van der Waals surface area (Å²) in [4.78, 5) is 4.88. The van der Waals surface area contributed by atoms with Crippen molar-refractivity contribution in [2.75, 3.05) is 9.80 Å². The fourth-order valence-corrected chi connectivity index (χ4v) is 14.5. The smallest absolute Gasteiger partial charge is 0.159 e. The molecular weight excluding hydrogens is 989 g/mol. The standard InChI is InChI=1S/C76H52N2O3/c1-45-35-39-47(40-36-45)77(62-30-17-24-53-50-20-7-14-32-66(50)79-72(53)62)64-43-60-69(52-22-6-5-19-49(52)64)71-61(76(60)58-28-12-10-26-56(58)75(3,4)57-27-11-13-29-59(57)76)44-65(70-55-23-9-16-34-68(55)81-74(70)71)78(48-41-37-46(2)38-42-48)63-31-18-25-54-51-21-8-15-33-67(51)80-73(54)63/h5-44H,1-4H3. The Labute approximate surface area is 468 Å². The van der Waals surface area contributed by atoms with Crippen LogP contribution in [-0.2, 0) is 10.8 Å². The van der Waals surface area contributed by atoms with Crippen LogP contribution in [0.5, 0.6) is 0 Å². The maximum absolute atomic E-state index is 7.60. The molecule has 0 saturated heterocycles. The van der Waals surface area contributed by atoms with Crippen molar-refractivity contribution in [3.05, 3.63) is 287 Å². The average molecular weight is 1040 g/mol. The van der Waals surface area contributed by atoms with Crippen molar-refractivity contribution in [3.63, 3.8) is 0 Å². The molecule has 0 saturated carbocycles. The van der Waals surface area contributed by atoms with E-state index in [1.54, 1.807) is 0 Å². The number of anilines is 6. The predicted molar refractivity (Wildman–Crippen MR) is 334 cm³/mol. The van der Waals surface area contributed by atoms with Crippen LogP contribution in [0.4, 0.5) is 34.1 Å². The summed E-state index contributed by atoms with van der Waals surface area (Å²) in [6.45, 7) is 9.10. The lowest BCUT2D eigenvalue weighted by Gasteiger charge is -2.47. The number of nitrogens with zero attached hydrogens (tertiary/aromatic N) is 2. The van der Waals surface area contributed by atoms with E-state index in [1.807, 2.05) is 0 Å². The van der Waals surface area contributed by atoms with Gasteiger partial charge in [0.25, 0.3) is 0 Å². The second-order valence-corrected chi connectivity index (χ2v) is 22.8. The van der Waals surface area contributed by atoms with E-state index >= 15 is 0 Å². The van der Waals surface area contributed by atoms with Crippen LogP contribution >= 0.6 is 0 Å². The minimum absolute atomic E-state index is 0.344. The Morgan fingerprint density at radius 1 is 0.296 bits per heavy atom. The molecule has 1 spiro atoms. The van der Waals surface area contributed by atoms with Crippen molar-refractivity contribution in [3.8, 4) is 11.1 Å². The van der Waals surface area contributed by atoms with E-state index in [-0.39, 0.29) is 5.41 Å². The summed E-state index contributed by atoms with van der Waals surface area (Å²) in [6.07, 6.45) is 0. The summed E-state index contributed by atoms with van der Waals surface area (Å²) in [5.74, 6) is 0. The molecule has 81 heavy (non-hydrogen) atoms. The molecule has 12 aromatic carbocycles. The Morgan fingerprint density at radius 2 is 0.691 bits per heavy atom. The Kier molecular flexibility index (Phi) is 9.47. The molecule has 15 aromatic rings. The van der Waals surface area contributed by atoms with Crippen LogP contribution in [-0.4, -0.2) is 0 Å². The van der Waals surface area contributed by atoms with Crippen molar-refractivity contribution in [2.24, 2.45) is 0 Å². The van der Waals surface area contributed by atoms with Crippen LogP contribution in [0.1, 0.15) is 58.4 Å². The van der Waals surface area contributed by atoms with Gasteiger partial charge in [0.05, 0.1) is 33.6 Å². The lowest BCUT2D eigenvalue weighted by molar-refractivity contribution is 0.563. The van der Waals surface area contributed by atoms with Crippen molar-refractivity contribution in [2.45, 2.75) is 38.5 Å². The highest BCUT2D eigenvalue weighted by Gasteiger charge is 2.55. The zero-order valence-electron chi connectivity index (χ0n) is 45.2. The number of para-hydroxylation sites is 5. The van der Waals surface area contributed by atoms with Gasteiger partial charge < -0.3 is 23.1 Å². The van der Waals surface area contributed by atoms with E-state index in [0.717, 1.165) is 127 Å². The van der Waals surface area contributed by atoms with Crippen LogP contribution in [0.3, 0.4) is 0 Å². The van der Waals surface area contributed by atoms with Gasteiger partial charge in [-0.1, -0.05) is 201 Å². The molecule has 5 heteroatoms. The number of fused-ring (bicyclic) bond motifs is 21. The molecule has 3 aromatic heterocycles. The van der Waals surface area contributed by atoms with Gasteiger partial charge in [-0.25, -0.2) is 0 Å². The SMILES string of the molecule is Cc1ccc(N(c2cc3c(c4ccccc24)-c2c(cc(N(c4ccc(C)cc4)c4cccc5c4oc4ccccc45)c4c2oc2ccccc24)C32c3ccccc3C(C)(C)c3ccccc32)c2cccc3c2oc2ccccc23)cc1. The second kappa shape index (κ2) is 16.7. The van der Waals surface area contributed by atoms with Gasteiger partial charge in [-0.2, -0.15) is 0 Å². The highest BCUT2D eigenvalue weighted by molar-refractivity contribution is 6.24. The number of rotatable bonds is 6. The molecule has 2 aliphatic rings. The highest BCUT2D eigenvalue weighted by atomic mass is 16.3. The first-order valence-corrected chi connectivity index (χ1v) is 28.1. The van der Waals surface area contributed by atoms with E-state index in [4.69, 9.17) is 13.3 Å². The summed E-state index contributed by atoms with van der Waals surface area (Å²) < 4.78 is 21.6. The van der Waals surface area contributed by atoms with Crippen LogP contribution in [0.15, 0.2) is 256 Å². The summed E-state index contributed by atoms with van der Waals surface area (Å²) in [5, 5.41) is 8.62. The van der Waals surface area contributed by atoms with Gasteiger partial charge in [-0.15, -0.1) is 0 Å². The molecule has 0 bridgehead atoms. The van der Waals surface area contributed by atoms with Crippen LogP contribution < -0.4 is 9.80 Å². The molecule has 0 amide bonds. The molecule has 0 unspecified atom stereocenters. The fraction of sp³-hybridized carbons (Fsp3) is 0.0789. The van der Waals surface area contributed by atoms with E-state index < -0.39 is 5.41 Å². The van der Waals surface area contributed by atoms with Gasteiger partial charge in [-0.3, -0.25) is 0 Å². The number of furan rings is 3. The van der Waals surface area contributed by atoms with Gasteiger partial charge in [0.1, 0.15) is 22.3 Å². The number of hydrogen-bond donors (Lipinski definition) is 0. The lowest BCUT2D eigenvalue weighted by Crippen LogP contribution is -2.40. The third kappa shape index (κ3) is 6.20. The van der Waals surface area contributed by atoms with Crippen molar-refractivity contribution in [1.29, 1.82) is 0 Å². The highest BCUT2D eigenvalue weighted by Crippen LogP contribution is 2.67. The topological polar surface area (TPSA) is 45.9 Å². The maximum atomic E-state index is 7.60. The number of benzene rings is 12. The molecular formula is C76H52N2O3. The van der Waals surface area contributed by atoms with Crippen molar-refractivity contribution < 1.29 is 13.3 Å². The maximum Gasteiger partial charge on any atom is 0.159 e. The number of aryl methyl sites for hydroxylation is 2. The van der Waals surface area contributed by atoms with Gasteiger partial charge >= 0.3 is 0 Å². The van der Waals surface area contributed by atoms with E-state index in [9.17, 15) is 0 Å². The fourth-order valence-electron chi connectivity index (χ4n) is 14.5. The molecule has 0 fully saturated rings. The summed E-state index contributed by atoms with van der Waals surface area (Å²) in [5.41, 5.74) is 21.9. The first-order valence-electron chi connectivity index (χ1n) is 28.1. The summed E-state index contributed by atoms with van der Waals surface area (Å²) >= 11 is 0. The Bertz CT molecular complexity index is 5080. The zero-order valence-corrected chi connectivity index (χ0v) is 45.2. The third-order valence-electron chi connectivity index (χ3n) is 18.0. The quantitative estimate of drug-likeness (QED) is 0.166. The molecule has 5 nitrogen and oxygen atoms in total. The summed E-state index contributed by atoms with van der Waals surface area (Å²) in [6, 6.07) is 88.9. The Balaban J connectivity index is 1.07.